The van der Waals surface area contributed by atoms with Crippen molar-refractivity contribution in [3.63, 3.8) is 0 Å². The lowest BCUT2D eigenvalue weighted by Crippen LogP contribution is -1.93. The number of hydrogen-bond donors (Lipinski definition) is 0. The summed E-state index contributed by atoms with van der Waals surface area (Å²) >= 11 is 0. The van der Waals surface area contributed by atoms with E-state index in [1.54, 1.807) is 0 Å². The van der Waals surface area contributed by atoms with Crippen LogP contribution in [0.1, 0.15) is 11.0 Å². The average molecular weight is 581 g/mol. The van der Waals surface area contributed by atoms with E-state index >= 15 is 0 Å². The highest BCUT2D eigenvalue weighted by atomic mass is 16.3. The molecular weight excluding hydrogens is 544 g/mol. The zero-order chi connectivity index (χ0) is 36.7. The van der Waals surface area contributed by atoms with Gasteiger partial charge in [-0.15, -0.1) is 0 Å². The van der Waals surface area contributed by atoms with Crippen LogP contribution >= 0.6 is 0 Å². The van der Waals surface area contributed by atoms with E-state index in [2.05, 4.69) is 0 Å². The highest BCUT2D eigenvalue weighted by molar-refractivity contribution is 6.23. The van der Waals surface area contributed by atoms with Crippen LogP contribution in [0.3, 0.4) is 0 Å². The van der Waals surface area contributed by atoms with E-state index in [0.29, 0.717) is 39.0 Å². The molecule has 45 heavy (non-hydrogen) atoms. The Morgan fingerprint density at radius 1 is 0.356 bits per heavy atom. The van der Waals surface area contributed by atoms with Crippen LogP contribution in [0.25, 0.3) is 88.0 Å². The smallest absolute Gasteiger partial charge is 0.136 e. The van der Waals surface area contributed by atoms with Crippen LogP contribution in [0.2, 0.25) is 0 Å². The fraction of sp³-hybridized carbons (Fsp3) is 0. The van der Waals surface area contributed by atoms with Crippen molar-refractivity contribution in [1.29, 1.82) is 0 Å². The van der Waals surface area contributed by atoms with Crippen molar-refractivity contribution in [3.05, 3.63) is 170 Å². The van der Waals surface area contributed by atoms with Gasteiger partial charge < -0.3 is 4.42 Å². The Morgan fingerprint density at radius 2 is 0.911 bits per heavy atom. The Kier molecular flexibility index (Phi) is 4.30. The summed E-state index contributed by atoms with van der Waals surface area (Å²) in [6, 6.07) is 35.3. The van der Waals surface area contributed by atoms with Gasteiger partial charge in [-0.1, -0.05) is 145 Å². The average Bonchev–Trinajstić information content (AvgIpc) is 3.57. The Labute approximate surface area is 272 Å². The Morgan fingerprint density at radius 3 is 1.60 bits per heavy atom. The normalized spacial score (nSPS) is 14.0. The molecule has 0 fully saturated rings. The Bertz CT molecular complexity index is 2890. The van der Waals surface area contributed by atoms with Gasteiger partial charge in [-0.05, 0) is 90.3 Å². The van der Waals surface area contributed by atoms with Gasteiger partial charge in [0.15, 0.2) is 0 Å². The van der Waals surface area contributed by atoms with Crippen LogP contribution in [0.15, 0.2) is 174 Å². The molecule has 1 heteroatoms. The van der Waals surface area contributed by atoms with E-state index in [1.165, 1.54) is 0 Å². The number of rotatable bonds is 4. The molecule has 9 rings (SSSR count). The quantitative estimate of drug-likeness (QED) is 0.189. The number of furan rings is 1. The Hall–Kier alpha value is -5.92. The minimum absolute atomic E-state index is 0.165. The topological polar surface area (TPSA) is 13.1 Å². The summed E-state index contributed by atoms with van der Waals surface area (Å²) < 4.78 is 79.6. The molecule has 9 aromatic rings. The molecule has 0 aliphatic rings. The number of hydrogen-bond acceptors (Lipinski definition) is 1. The lowest BCUT2D eigenvalue weighted by Gasteiger charge is -2.20. The molecule has 1 aromatic heterocycles. The summed E-state index contributed by atoms with van der Waals surface area (Å²) in [6.07, 6.45) is 0. The van der Waals surface area contributed by atoms with Gasteiger partial charge in [0, 0.05) is 10.8 Å². The van der Waals surface area contributed by atoms with Crippen LogP contribution in [0.4, 0.5) is 0 Å². The van der Waals surface area contributed by atoms with E-state index in [-0.39, 0.29) is 45.7 Å². The van der Waals surface area contributed by atoms with Gasteiger partial charge in [-0.2, -0.15) is 0 Å². The predicted octanol–water partition coefficient (Wildman–Crippen LogP) is 12.6. The van der Waals surface area contributed by atoms with Crippen molar-refractivity contribution in [2.75, 3.05) is 0 Å². The summed E-state index contributed by atoms with van der Waals surface area (Å²) in [5.74, 6) is 0. The minimum atomic E-state index is -0.441. The van der Waals surface area contributed by atoms with Crippen LogP contribution in [-0.2, 0) is 0 Å². The molecule has 0 aliphatic heterocycles. The maximum absolute atomic E-state index is 9.49. The third-order valence-electron chi connectivity index (χ3n) is 8.50. The molecule has 0 atom stereocenters. The van der Waals surface area contributed by atoms with Crippen LogP contribution in [0.5, 0.6) is 0 Å². The van der Waals surface area contributed by atoms with Gasteiger partial charge in [0.05, 0.1) is 11.0 Å². The first-order valence-electron chi connectivity index (χ1n) is 18.8. The minimum Gasteiger partial charge on any atom is -0.456 e. The fourth-order valence-electron chi connectivity index (χ4n) is 6.50. The second-order valence-corrected chi connectivity index (χ2v) is 11.1. The first-order chi connectivity index (χ1) is 25.7. The van der Waals surface area contributed by atoms with Gasteiger partial charge in [0.1, 0.15) is 11.2 Å². The third kappa shape index (κ3) is 4.17. The first-order valence-corrected chi connectivity index (χ1v) is 14.8. The van der Waals surface area contributed by atoms with Crippen molar-refractivity contribution >= 4 is 43.5 Å². The number of fused-ring (bicyclic) bond motifs is 5. The van der Waals surface area contributed by atoms with Crippen molar-refractivity contribution in [2.24, 2.45) is 0 Å². The van der Waals surface area contributed by atoms with Gasteiger partial charge in [0.25, 0.3) is 0 Å². The highest BCUT2D eigenvalue weighted by Crippen LogP contribution is 2.48. The van der Waals surface area contributed by atoms with Gasteiger partial charge >= 0.3 is 0 Å². The molecule has 8 aromatic carbocycles. The molecule has 0 saturated heterocycles. The second-order valence-electron chi connectivity index (χ2n) is 11.1. The zero-order valence-electron chi connectivity index (χ0n) is 32.0. The molecule has 1 heterocycles. The zero-order valence-corrected chi connectivity index (χ0v) is 24.0. The number of para-hydroxylation sites is 1. The van der Waals surface area contributed by atoms with Crippen LogP contribution in [-0.4, -0.2) is 0 Å². The van der Waals surface area contributed by atoms with Gasteiger partial charge in [0.2, 0.25) is 0 Å². The Balaban J connectivity index is 1.56. The lowest BCUT2D eigenvalue weighted by atomic mass is 9.83. The lowest BCUT2D eigenvalue weighted by molar-refractivity contribution is 0.669. The van der Waals surface area contributed by atoms with Crippen molar-refractivity contribution in [2.45, 2.75) is 0 Å². The van der Waals surface area contributed by atoms with E-state index in [0.717, 1.165) is 27.5 Å². The molecule has 1 nitrogen and oxygen atoms in total. The molecule has 0 saturated carbocycles. The van der Waals surface area contributed by atoms with Crippen molar-refractivity contribution < 1.29 is 15.4 Å². The van der Waals surface area contributed by atoms with Crippen molar-refractivity contribution in [3.8, 4) is 44.5 Å². The fourth-order valence-corrected chi connectivity index (χ4v) is 6.50. The highest BCUT2D eigenvalue weighted by Gasteiger charge is 2.21. The SMILES string of the molecule is [2H]c1c([2H])c([2H])c2c(-c3cc4c(cc3-c3ccccc3)oc3ccccc34)c3c([2H])c([2H])c([2H])c([2H])c3c(-c3cccc(-c4ccccc4)c3)c2c1[2H]. The van der Waals surface area contributed by atoms with Gasteiger partial charge in [-0.25, -0.2) is 0 Å². The molecular formula is C44H28O. The summed E-state index contributed by atoms with van der Waals surface area (Å²) in [6.45, 7) is 0. The molecule has 0 N–H and O–H groups in total. The second kappa shape index (κ2) is 10.4. The summed E-state index contributed by atoms with van der Waals surface area (Å²) in [5.41, 5.74) is 6.25. The standard InChI is InChI=1S/C44H28O/c1-3-14-29(15-4-1)31-18-13-19-32(26-31)43-34-21-7-9-23-36(34)44(37-24-10-8-22-35(37)43)40-27-39-33-20-11-12-25-41(33)45-42(39)28-38(40)30-16-5-2-6-17-30/h1-28H/i7D,8D,9D,10D,21D,22D,23D,24D. The van der Waals surface area contributed by atoms with E-state index < -0.39 is 24.2 Å². The van der Waals surface area contributed by atoms with Crippen LogP contribution < -0.4 is 0 Å². The first kappa shape index (κ1) is 18.7. The molecule has 0 spiro atoms. The summed E-state index contributed by atoms with van der Waals surface area (Å²) in [4.78, 5) is 0. The number of benzene rings is 8. The summed E-state index contributed by atoms with van der Waals surface area (Å²) in [5, 5.41) is 2.28. The van der Waals surface area contributed by atoms with E-state index in [1.807, 2.05) is 121 Å². The van der Waals surface area contributed by atoms with E-state index in [4.69, 9.17) is 9.90 Å². The molecule has 0 aliphatic carbocycles. The predicted molar refractivity (Wildman–Crippen MR) is 190 cm³/mol. The molecule has 0 bridgehead atoms. The van der Waals surface area contributed by atoms with E-state index in [9.17, 15) is 5.48 Å². The van der Waals surface area contributed by atoms with Gasteiger partial charge in [-0.3, -0.25) is 0 Å². The van der Waals surface area contributed by atoms with Crippen LogP contribution in [0, 0.1) is 0 Å². The monoisotopic (exact) mass is 580 g/mol. The summed E-state index contributed by atoms with van der Waals surface area (Å²) in [7, 11) is 0. The molecule has 0 amide bonds. The maximum Gasteiger partial charge on any atom is 0.136 e. The third-order valence-corrected chi connectivity index (χ3v) is 8.50. The molecule has 210 valence electrons. The molecule has 0 radical (unpaired) electrons. The molecule has 0 unspecified atom stereocenters. The van der Waals surface area contributed by atoms with Crippen molar-refractivity contribution in [1.82, 2.24) is 0 Å². The maximum atomic E-state index is 9.49. The largest absolute Gasteiger partial charge is 0.456 e.